The highest BCUT2D eigenvalue weighted by molar-refractivity contribution is 7.92. The standard InChI is InChI=1S/C25H33N3O4S/c1-19(2)20-3-9-23(10-4-20)33(30,31)27-22-7-5-21(6-8-22)25(11-12-25)24(29)26-13-14-28-15-17-32-18-16-28/h3-10,19,27H,11-18H2,1-2H3,(H,26,29). The van der Waals surface area contributed by atoms with Gasteiger partial charge in [0.15, 0.2) is 0 Å². The van der Waals surface area contributed by atoms with Crippen LogP contribution < -0.4 is 10.0 Å². The van der Waals surface area contributed by atoms with Crippen LogP contribution in [0.4, 0.5) is 5.69 Å². The number of sulfonamides is 1. The highest BCUT2D eigenvalue weighted by Crippen LogP contribution is 2.48. The van der Waals surface area contributed by atoms with Crippen molar-refractivity contribution in [3.8, 4) is 0 Å². The van der Waals surface area contributed by atoms with Gasteiger partial charge in [-0.25, -0.2) is 8.42 Å². The van der Waals surface area contributed by atoms with Crippen molar-refractivity contribution >= 4 is 21.6 Å². The minimum Gasteiger partial charge on any atom is -0.379 e. The lowest BCUT2D eigenvalue weighted by Gasteiger charge is -2.27. The molecule has 1 aliphatic heterocycles. The molecule has 178 valence electrons. The molecule has 1 heterocycles. The van der Waals surface area contributed by atoms with Gasteiger partial charge in [-0.3, -0.25) is 14.4 Å². The van der Waals surface area contributed by atoms with Gasteiger partial charge >= 0.3 is 0 Å². The third kappa shape index (κ3) is 5.57. The van der Waals surface area contributed by atoms with E-state index >= 15 is 0 Å². The molecule has 0 aromatic heterocycles. The lowest BCUT2D eigenvalue weighted by molar-refractivity contribution is -0.123. The molecule has 8 heteroatoms. The van der Waals surface area contributed by atoms with Crippen molar-refractivity contribution in [1.82, 2.24) is 10.2 Å². The van der Waals surface area contributed by atoms with Gasteiger partial charge in [-0.15, -0.1) is 0 Å². The summed E-state index contributed by atoms with van der Waals surface area (Å²) in [5.41, 5.74) is 2.01. The van der Waals surface area contributed by atoms with Gasteiger partial charge in [-0.2, -0.15) is 0 Å². The molecule has 1 saturated heterocycles. The van der Waals surface area contributed by atoms with Gasteiger partial charge in [-0.05, 0) is 54.2 Å². The predicted octanol–water partition coefficient (Wildman–Crippen LogP) is 3.09. The number of carbonyl (C=O) groups is 1. The van der Waals surface area contributed by atoms with Crippen molar-refractivity contribution in [3.05, 3.63) is 59.7 Å². The van der Waals surface area contributed by atoms with Crippen LogP contribution in [0.25, 0.3) is 0 Å². The highest BCUT2D eigenvalue weighted by Gasteiger charge is 2.51. The van der Waals surface area contributed by atoms with Gasteiger partial charge < -0.3 is 10.1 Å². The predicted molar refractivity (Wildman–Crippen MR) is 129 cm³/mol. The van der Waals surface area contributed by atoms with E-state index in [1.165, 1.54) is 0 Å². The maximum atomic E-state index is 12.9. The third-order valence-corrected chi connectivity index (χ3v) is 7.95. The number of nitrogens with zero attached hydrogens (tertiary/aromatic N) is 1. The van der Waals surface area contributed by atoms with Crippen LogP contribution in [0, 0.1) is 0 Å². The first-order valence-electron chi connectivity index (χ1n) is 11.6. The third-order valence-electron chi connectivity index (χ3n) is 6.55. The number of carbonyl (C=O) groups excluding carboxylic acids is 1. The number of morpholine rings is 1. The van der Waals surface area contributed by atoms with Gasteiger partial charge in [0.25, 0.3) is 10.0 Å². The topological polar surface area (TPSA) is 87.7 Å². The van der Waals surface area contributed by atoms with Gasteiger partial charge in [0.1, 0.15) is 0 Å². The summed E-state index contributed by atoms with van der Waals surface area (Å²) in [5.74, 6) is 0.392. The molecule has 2 N–H and O–H groups in total. The lowest BCUT2D eigenvalue weighted by atomic mass is 9.95. The van der Waals surface area contributed by atoms with Crippen LogP contribution in [-0.4, -0.2) is 58.6 Å². The van der Waals surface area contributed by atoms with E-state index < -0.39 is 15.4 Å². The molecule has 0 unspecified atom stereocenters. The Kier molecular flexibility index (Phi) is 7.07. The van der Waals surface area contributed by atoms with E-state index in [9.17, 15) is 13.2 Å². The summed E-state index contributed by atoms with van der Waals surface area (Å²) < 4.78 is 33.5. The maximum Gasteiger partial charge on any atom is 0.261 e. The summed E-state index contributed by atoms with van der Waals surface area (Å²) in [4.78, 5) is 15.4. The summed E-state index contributed by atoms with van der Waals surface area (Å²) in [6.45, 7) is 8.88. The molecule has 1 saturated carbocycles. The minimum atomic E-state index is -3.67. The highest BCUT2D eigenvalue weighted by atomic mass is 32.2. The summed E-state index contributed by atoms with van der Waals surface area (Å²) in [6.07, 6.45) is 1.62. The molecular formula is C25H33N3O4S. The molecule has 0 radical (unpaired) electrons. The molecule has 1 amide bonds. The van der Waals surface area contributed by atoms with Crippen molar-refractivity contribution in [2.75, 3.05) is 44.1 Å². The van der Waals surface area contributed by atoms with Crippen LogP contribution in [0.5, 0.6) is 0 Å². The number of amides is 1. The number of rotatable bonds is 9. The molecule has 2 fully saturated rings. The Labute approximate surface area is 196 Å². The first-order chi connectivity index (χ1) is 15.8. The molecule has 2 aliphatic rings. The summed E-state index contributed by atoms with van der Waals surface area (Å²) in [5, 5.41) is 3.09. The fourth-order valence-electron chi connectivity index (χ4n) is 4.20. The zero-order chi connectivity index (χ0) is 23.5. The molecular weight excluding hydrogens is 438 g/mol. The molecule has 33 heavy (non-hydrogen) atoms. The molecule has 4 rings (SSSR count). The number of hydrogen-bond acceptors (Lipinski definition) is 5. The van der Waals surface area contributed by atoms with Gasteiger partial charge in [0.2, 0.25) is 5.91 Å². The molecule has 0 spiro atoms. The Bertz CT molecular complexity index is 1060. The fraction of sp³-hybridized carbons (Fsp3) is 0.480. The fourth-order valence-corrected chi connectivity index (χ4v) is 5.26. The molecule has 0 bridgehead atoms. The van der Waals surface area contributed by atoms with E-state index in [-0.39, 0.29) is 10.8 Å². The van der Waals surface area contributed by atoms with Crippen molar-refractivity contribution in [2.24, 2.45) is 0 Å². The summed E-state index contributed by atoms with van der Waals surface area (Å²) in [6, 6.07) is 14.1. The average molecular weight is 472 g/mol. The lowest BCUT2D eigenvalue weighted by Crippen LogP contribution is -2.43. The van der Waals surface area contributed by atoms with E-state index in [2.05, 4.69) is 28.8 Å². The molecule has 7 nitrogen and oxygen atoms in total. The molecule has 2 aromatic rings. The van der Waals surface area contributed by atoms with Crippen LogP contribution in [0.3, 0.4) is 0 Å². The normalized spacial score (nSPS) is 18.2. The average Bonchev–Trinajstić information content (AvgIpc) is 3.62. The van der Waals surface area contributed by atoms with E-state index in [4.69, 9.17) is 4.74 Å². The van der Waals surface area contributed by atoms with Crippen LogP contribution in [0.2, 0.25) is 0 Å². The van der Waals surface area contributed by atoms with Crippen LogP contribution in [-0.2, 0) is 25.0 Å². The Morgan fingerprint density at radius 1 is 1.03 bits per heavy atom. The molecule has 1 aliphatic carbocycles. The Hall–Kier alpha value is -2.42. The summed E-state index contributed by atoms with van der Waals surface area (Å²) >= 11 is 0. The second-order valence-electron chi connectivity index (χ2n) is 9.20. The quantitative estimate of drug-likeness (QED) is 0.587. The van der Waals surface area contributed by atoms with E-state index in [0.717, 1.165) is 56.8 Å². The Morgan fingerprint density at radius 3 is 2.24 bits per heavy atom. The van der Waals surface area contributed by atoms with Crippen molar-refractivity contribution in [1.29, 1.82) is 0 Å². The summed E-state index contributed by atoms with van der Waals surface area (Å²) in [7, 11) is -3.67. The largest absolute Gasteiger partial charge is 0.379 e. The molecule has 2 aromatic carbocycles. The second kappa shape index (κ2) is 9.83. The van der Waals surface area contributed by atoms with Crippen LogP contribution >= 0.6 is 0 Å². The Morgan fingerprint density at radius 2 is 1.67 bits per heavy atom. The SMILES string of the molecule is CC(C)c1ccc(S(=O)(=O)Nc2ccc(C3(C(=O)NCCN4CCOCC4)CC3)cc2)cc1. The van der Waals surface area contributed by atoms with Gasteiger partial charge in [0.05, 0.1) is 23.5 Å². The van der Waals surface area contributed by atoms with E-state index in [1.807, 2.05) is 24.3 Å². The minimum absolute atomic E-state index is 0.0503. The zero-order valence-corrected chi connectivity index (χ0v) is 20.2. The van der Waals surface area contributed by atoms with Gasteiger partial charge in [-0.1, -0.05) is 38.1 Å². The number of benzene rings is 2. The van der Waals surface area contributed by atoms with Crippen molar-refractivity contribution in [2.45, 2.75) is 42.9 Å². The maximum absolute atomic E-state index is 12.9. The van der Waals surface area contributed by atoms with Crippen molar-refractivity contribution in [3.63, 3.8) is 0 Å². The van der Waals surface area contributed by atoms with Crippen LogP contribution in [0.1, 0.15) is 43.7 Å². The molecule has 0 atom stereocenters. The van der Waals surface area contributed by atoms with E-state index in [0.29, 0.717) is 18.2 Å². The second-order valence-corrected chi connectivity index (χ2v) is 10.9. The van der Waals surface area contributed by atoms with Crippen LogP contribution in [0.15, 0.2) is 53.4 Å². The number of hydrogen-bond donors (Lipinski definition) is 2. The Balaban J connectivity index is 1.35. The van der Waals surface area contributed by atoms with E-state index in [1.54, 1.807) is 24.3 Å². The first kappa shape index (κ1) is 23.7. The first-order valence-corrected chi connectivity index (χ1v) is 13.1. The monoisotopic (exact) mass is 471 g/mol. The number of nitrogens with one attached hydrogen (secondary N) is 2. The number of anilines is 1. The number of ether oxygens (including phenoxy) is 1. The van der Waals surface area contributed by atoms with Gasteiger partial charge in [0, 0.05) is 31.9 Å². The zero-order valence-electron chi connectivity index (χ0n) is 19.3. The van der Waals surface area contributed by atoms with Crippen molar-refractivity contribution < 1.29 is 17.9 Å². The smallest absolute Gasteiger partial charge is 0.261 e.